The molecule has 0 bridgehead atoms. The van der Waals surface area contributed by atoms with E-state index in [0.29, 0.717) is 11.2 Å². The number of imidazole rings is 1. The van der Waals surface area contributed by atoms with E-state index in [1.807, 2.05) is 0 Å². The highest BCUT2D eigenvalue weighted by molar-refractivity contribution is 5.81. The number of hydrogen-bond acceptors (Lipinski definition) is 12. The van der Waals surface area contributed by atoms with E-state index in [4.69, 9.17) is 19.9 Å². The molecule has 13 nitrogen and oxygen atoms in total. The molecule has 2 aromatic rings. The summed E-state index contributed by atoms with van der Waals surface area (Å²) in [4.78, 5) is 12.1. The normalized spacial score (nSPS) is 38.5. The molecule has 2 saturated heterocycles. The molecule has 2 aliphatic heterocycles. The lowest BCUT2D eigenvalue weighted by Gasteiger charge is -2.26. The quantitative estimate of drug-likeness (QED) is 0.290. The summed E-state index contributed by atoms with van der Waals surface area (Å²) >= 11 is 0. The molecule has 7 N–H and O–H groups in total. The van der Waals surface area contributed by atoms with Gasteiger partial charge in [0.2, 0.25) is 0 Å². The van der Waals surface area contributed by atoms with E-state index in [0.717, 1.165) is 0 Å². The first kappa shape index (κ1) is 19.4. The van der Waals surface area contributed by atoms with Gasteiger partial charge in [0.1, 0.15) is 48.5 Å². The molecule has 4 heterocycles. The van der Waals surface area contributed by atoms with E-state index in [1.54, 1.807) is 0 Å². The third-order valence-corrected chi connectivity index (χ3v) is 4.94. The van der Waals surface area contributed by atoms with Crippen molar-refractivity contribution in [3.8, 4) is 0 Å². The number of aliphatic hydroxyl groups excluding tert-OH is 5. The summed E-state index contributed by atoms with van der Waals surface area (Å²) in [6.07, 6.45) is -6.93. The number of nitrogens with zero attached hydrogens (tertiary/aromatic N) is 4. The molecule has 0 unspecified atom stereocenters. The molecular weight excluding hydrogens is 378 g/mol. The van der Waals surface area contributed by atoms with Crippen molar-refractivity contribution in [1.82, 2.24) is 19.5 Å². The van der Waals surface area contributed by atoms with Gasteiger partial charge in [0.15, 0.2) is 24.0 Å². The number of aliphatic hydroxyl groups is 5. The Hall–Kier alpha value is -1.97. The predicted molar refractivity (Wildman–Crippen MR) is 89.4 cm³/mol. The third kappa shape index (κ3) is 3.01. The molecule has 0 amide bonds. The Bertz CT molecular complexity index is 836. The first-order chi connectivity index (χ1) is 13.5. The maximum Gasteiger partial charge on any atom is 0.187 e. The molecule has 0 spiro atoms. The summed E-state index contributed by atoms with van der Waals surface area (Å²) in [5.74, 6) is 0.155. The highest BCUT2D eigenvalue weighted by Crippen LogP contribution is 2.36. The zero-order chi connectivity index (χ0) is 20.0. The minimum atomic E-state index is -1.45. The number of ether oxygens (including phenoxy) is 3. The molecule has 2 aromatic heterocycles. The molecule has 8 atom stereocenters. The number of fused-ring (bicyclic) bond motifs is 1. The van der Waals surface area contributed by atoms with Gasteiger partial charge in [-0.25, -0.2) is 15.0 Å². The fourth-order valence-corrected chi connectivity index (χ4v) is 3.43. The summed E-state index contributed by atoms with van der Waals surface area (Å²) < 4.78 is 18.2. The van der Waals surface area contributed by atoms with Crippen LogP contribution in [0.2, 0.25) is 0 Å². The second kappa shape index (κ2) is 7.46. The van der Waals surface area contributed by atoms with Gasteiger partial charge in [-0.15, -0.1) is 0 Å². The molecule has 2 fully saturated rings. The van der Waals surface area contributed by atoms with Crippen LogP contribution in [0.1, 0.15) is 6.23 Å². The Labute approximate surface area is 157 Å². The van der Waals surface area contributed by atoms with Crippen molar-refractivity contribution in [2.24, 2.45) is 0 Å². The molecule has 154 valence electrons. The smallest absolute Gasteiger partial charge is 0.187 e. The van der Waals surface area contributed by atoms with Gasteiger partial charge in [-0.3, -0.25) is 4.57 Å². The SMILES string of the molecule is Nc1ncnc2c1ncn2[C@@H]1O[C@H](CO)[C@@H](O)[C@H]1O[C@H]1O[C@H](CO)[C@@H](O)[C@@H]1O. The van der Waals surface area contributed by atoms with Gasteiger partial charge < -0.3 is 45.5 Å². The van der Waals surface area contributed by atoms with Crippen molar-refractivity contribution in [2.75, 3.05) is 18.9 Å². The fourth-order valence-electron chi connectivity index (χ4n) is 3.43. The van der Waals surface area contributed by atoms with Crippen molar-refractivity contribution >= 4 is 17.0 Å². The average Bonchev–Trinajstić information content (AvgIpc) is 3.33. The monoisotopic (exact) mass is 399 g/mol. The Morgan fingerprint density at radius 3 is 2.39 bits per heavy atom. The zero-order valence-corrected chi connectivity index (χ0v) is 14.5. The van der Waals surface area contributed by atoms with Crippen LogP contribution in [0.25, 0.3) is 11.2 Å². The number of hydrogen-bond donors (Lipinski definition) is 6. The summed E-state index contributed by atoms with van der Waals surface area (Å²) in [5, 5.41) is 49.2. The Balaban J connectivity index is 1.64. The summed E-state index contributed by atoms with van der Waals surface area (Å²) in [5.41, 5.74) is 6.42. The van der Waals surface area contributed by atoms with E-state index in [-0.39, 0.29) is 5.82 Å². The maximum absolute atomic E-state index is 10.5. The van der Waals surface area contributed by atoms with Gasteiger partial charge >= 0.3 is 0 Å². The molecular formula is C15H21N5O8. The second-order valence-electron chi connectivity index (χ2n) is 6.63. The Morgan fingerprint density at radius 1 is 1.00 bits per heavy atom. The van der Waals surface area contributed by atoms with Crippen LogP contribution in [0, 0.1) is 0 Å². The minimum Gasteiger partial charge on any atom is -0.394 e. The topological polar surface area (TPSA) is 198 Å². The molecule has 2 aliphatic rings. The van der Waals surface area contributed by atoms with Gasteiger partial charge in [0.05, 0.1) is 19.5 Å². The predicted octanol–water partition coefficient (Wildman–Crippen LogP) is -3.52. The average molecular weight is 399 g/mol. The molecule has 28 heavy (non-hydrogen) atoms. The minimum absolute atomic E-state index is 0.155. The van der Waals surface area contributed by atoms with Crippen LogP contribution in [-0.4, -0.2) is 101 Å². The van der Waals surface area contributed by atoms with E-state index in [1.165, 1.54) is 17.2 Å². The molecule has 0 radical (unpaired) electrons. The summed E-state index contributed by atoms with van der Waals surface area (Å²) in [6.45, 7) is -1.01. The summed E-state index contributed by atoms with van der Waals surface area (Å²) in [7, 11) is 0. The van der Waals surface area contributed by atoms with Crippen LogP contribution in [0.3, 0.4) is 0 Å². The maximum atomic E-state index is 10.5. The number of nitrogens with two attached hydrogens (primary N) is 1. The third-order valence-electron chi connectivity index (χ3n) is 4.94. The van der Waals surface area contributed by atoms with Crippen LogP contribution in [-0.2, 0) is 14.2 Å². The van der Waals surface area contributed by atoms with Crippen molar-refractivity contribution in [2.45, 2.75) is 49.1 Å². The first-order valence-corrected chi connectivity index (χ1v) is 8.61. The van der Waals surface area contributed by atoms with E-state index in [9.17, 15) is 25.5 Å². The molecule has 0 aliphatic carbocycles. The van der Waals surface area contributed by atoms with Gasteiger partial charge in [0, 0.05) is 0 Å². The van der Waals surface area contributed by atoms with Crippen LogP contribution in [0.5, 0.6) is 0 Å². The Kier molecular flexibility index (Phi) is 5.15. The largest absolute Gasteiger partial charge is 0.394 e. The highest BCUT2D eigenvalue weighted by Gasteiger charge is 2.51. The van der Waals surface area contributed by atoms with E-state index < -0.39 is 62.4 Å². The standard InChI is InChI=1S/C15H21N5O8/c16-12-7-13(18-3-17-12)20(4-19-7)14-11(9(24)6(2-22)26-14)28-15-10(25)8(23)5(1-21)27-15/h3-6,8-11,14-15,21-25H,1-2H2,(H2,16,17,18)/t5-,6-,8-,9-,10+,11-,14-,15-/m1/s1. The molecule has 0 saturated carbocycles. The molecule has 4 rings (SSSR count). The highest BCUT2D eigenvalue weighted by atomic mass is 16.7. The van der Waals surface area contributed by atoms with Crippen LogP contribution >= 0.6 is 0 Å². The first-order valence-electron chi connectivity index (χ1n) is 8.61. The number of aromatic nitrogens is 4. The van der Waals surface area contributed by atoms with Crippen LogP contribution < -0.4 is 5.73 Å². The lowest BCUT2D eigenvalue weighted by Crippen LogP contribution is -2.42. The van der Waals surface area contributed by atoms with E-state index in [2.05, 4.69) is 15.0 Å². The van der Waals surface area contributed by atoms with Crippen molar-refractivity contribution < 1.29 is 39.7 Å². The Morgan fingerprint density at radius 2 is 1.71 bits per heavy atom. The fraction of sp³-hybridized carbons (Fsp3) is 0.667. The van der Waals surface area contributed by atoms with Gasteiger partial charge in [-0.05, 0) is 0 Å². The van der Waals surface area contributed by atoms with Crippen molar-refractivity contribution in [3.05, 3.63) is 12.7 Å². The van der Waals surface area contributed by atoms with Gasteiger partial charge in [-0.2, -0.15) is 0 Å². The van der Waals surface area contributed by atoms with Gasteiger partial charge in [-0.1, -0.05) is 0 Å². The number of anilines is 1. The number of nitrogen functional groups attached to an aromatic ring is 1. The lowest BCUT2D eigenvalue weighted by molar-refractivity contribution is -0.219. The van der Waals surface area contributed by atoms with Gasteiger partial charge in [0.25, 0.3) is 0 Å². The van der Waals surface area contributed by atoms with Crippen molar-refractivity contribution in [1.29, 1.82) is 0 Å². The number of rotatable bonds is 5. The molecule has 0 aromatic carbocycles. The molecule has 13 heteroatoms. The van der Waals surface area contributed by atoms with E-state index >= 15 is 0 Å². The lowest BCUT2D eigenvalue weighted by atomic mass is 10.1. The second-order valence-corrected chi connectivity index (χ2v) is 6.63. The van der Waals surface area contributed by atoms with Crippen molar-refractivity contribution in [3.63, 3.8) is 0 Å². The summed E-state index contributed by atoms with van der Waals surface area (Å²) in [6, 6.07) is 0. The zero-order valence-electron chi connectivity index (χ0n) is 14.5. The van der Waals surface area contributed by atoms with Crippen LogP contribution in [0.15, 0.2) is 12.7 Å². The van der Waals surface area contributed by atoms with Crippen LogP contribution in [0.4, 0.5) is 5.82 Å².